The molecule has 1 aromatic heterocycles. The molecule has 0 atom stereocenters. The maximum Gasteiger partial charge on any atom is 0.290 e. The van der Waals surface area contributed by atoms with Gasteiger partial charge in [-0.05, 0) is 55.8 Å². The lowest BCUT2D eigenvalue weighted by molar-refractivity contribution is -0.115. The Bertz CT molecular complexity index is 1040. The molecule has 1 aromatic carbocycles. The van der Waals surface area contributed by atoms with E-state index in [0.717, 1.165) is 50.2 Å². The molecule has 162 valence electrons. The van der Waals surface area contributed by atoms with Gasteiger partial charge < -0.3 is 4.90 Å². The maximum atomic E-state index is 14.6. The van der Waals surface area contributed by atoms with Crippen molar-refractivity contribution in [1.82, 2.24) is 20.2 Å². The summed E-state index contributed by atoms with van der Waals surface area (Å²) in [5.41, 5.74) is 1.34. The lowest BCUT2D eigenvalue weighted by Crippen LogP contribution is -2.35. The topological polar surface area (TPSA) is 78.4 Å². The molecule has 0 spiro atoms. The number of hydrogen-bond acceptors (Lipinski definition) is 7. The van der Waals surface area contributed by atoms with Gasteiger partial charge >= 0.3 is 0 Å². The number of nitrogens with zero attached hydrogens (tertiary/aromatic N) is 4. The minimum atomic E-state index is -0.445. The minimum absolute atomic E-state index is 0.279. The third kappa shape index (κ3) is 4.94. The fraction of sp³-hybridized carbons (Fsp3) is 0.364. The molecule has 2 aliphatic heterocycles. The third-order valence-corrected chi connectivity index (χ3v) is 6.22. The van der Waals surface area contributed by atoms with Crippen molar-refractivity contribution in [3.63, 3.8) is 0 Å². The van der Waals surface area contributed by atoms with Crippen LogP contribution in [0, 0.1) is 5.82 Å². The van der Waals surface area contributed by atoms with Crippen molar-refractivity contribution in [3.05, 3.63) is 46.9 Å². The molecule has 2 fully saturated rings. The normalized spacial score (nSPS) is 19.2. The Morgan fingerprint density at radius 2 is 2.00 bits per heavy atom. The molecule has 9 heteroatoms. The van der Waals surface area contributed by atoms with E-state index in [1.165, 1.54) is 12.3 Å². The zero-order valence-electron chi connectivity index (χ0n) is 17.5. The molecule has 2 aliphatic rings. The summed E-state index contributed by atoms with van der Waals surface area (Å²) in [7, 11) is 0. The van der Waals surface area contributed by atoms with Crippen LogP contribution >= 0.6 is 11.8 Å². The van der Waals surface area contributed by atoms with Crippen LogP contribution < -0.4 is 10.2 Å². The van der Waals surface area contributed by atoms with Crippen LogP contribution in [0.4, 0.5) is 15.0 Å². The predicted octanol–water partition coefficient (Wildman–Crippen LogP) is 3.53. The molecule has 0 unspecified atom stereocenters. The Labute approximate surface area is 184 Å². The van der Waals surface area contributed by atoms with Gasteiger partial charge in [-0.3, -0.25) is 24.8 Å². The number of anilines is 1. The first-order valence-corrected chi connectivity index (χ1v) is 11.1. The summed E-state index contributed by atoms with van der Waals surface area (Å²) in [5.74, 6) is -0.142. The summed E-state index contributed by atoms with van der Waals surface area (Å²) < 4.78 is 14.6. The Hall–Kier alpha value is -2.78. The van der Waals surface area contributed by atoms with Crippen LogP contribution in [-0.2, 0) is 4.79 Å². The monoisotopic (exact) mass is 441 g/mol. The van der Waals surface area contributed by atoms with Gasteiger partial charge in [0.2, 0.25) is 0 Å². The molecule has 1 N–H and O–H groups in total. The lowest BCUT2D eigenvalue weighted by atomic mass is 10.1. The smallest absolute Gasteiger partial charge is 0.290 e. The van der Waals surface area contributed by atoms with Crippen molar-refractivity contribution in [2.75, 3.05) is 31.1 Å². The van der Waals surface area contributed by atoms with Crippen molar-refractivity contribution in [2.24, 2.45) is 0 Å². The van der Waals surface area contributed by atoms with Gasteiger partial charge in [0.1, 0.15) is 11.6 Å². The van der Waals surface area contributed by atoms with Crippen molar-refractivity contribution in [3.8, 4) is 11.3 Å². The fourth-order valence-corrected chi connectivity index (χ4v) is 4.40. The highest BCUT2D eigenvalue weighted by Crippen LogP contribution is 2.29. The molecule has 7 nitrogen and oxygen atoms in total. The second-order valence-corrected chi connectivity index (χ2v) is 8.84. The highest BCUT2D eigenvalue weighted by molar-refractivity contribution is 8.18. The van der Waals surface area contributed by atoms with Crippen LogP contribution in [0.3, 0.4) is 0 Å². The second kappa shape index (κ2) is 9.15. The first kappa shape index (κ1) is 21.5. The molecular formula is C22H24FN5O2S. The van der Waals surface area contributed by atoms with Crippen molar-refractivity contribution >= 4 is 34.8 Å². The quantitative estimate of drug-likeness (QED) is 0.727. The van der Waals surface area contributed by atoms with Gasteiger partial charge in [-0.15, -0.1) is 0 Å². The largest absolute Gasteiger partial charge is 0.354 e. The number of benzene rings is 1. The highest BCUT2D eigenvalue weighted by Gasteiger charge is 2.25. The first-order valence-electron chi connectivity index (χ1n) is 10.3. The maximum absolute atomic E-state index is 14.6. The zero-order chi connectivity index (χ0) is 22.0. The molecule has 2 aromatic rings. The molecule has 4 rings (SSSR count). The summed E-state index contributed by atoms with van der Waals surface area (Å²) in [6.45, 7) is 8.09. The number of halogens is 1. The van der Waals surface area contributed by atoms with E-state index >= 15 is 0 Å². The lowest BCUT2D eigenvalue weighted by Gasteiger charge is -2.25. The van der Waals surface area contributed by atoms with E-state index in [1.54, 1.807) is 24.4 Å². The Morgan fingerprint density at radius 3 is 2.74 bits per heavy atom. The number of nitrogens with one attached hydrogen (secondary N) is 1. The molecule has 0 bridgehead atoms. The van der Waals surface area contributed by atoms with Gasteiger partial charge in [-0.1, -0.05) is 6.07 Å². The van der Waals surface area contributed by atoms with E-state index in [4.69, 9.17) is 0 Å². The first-order chi connectivity index (χ1) is 14.9. The summed E-state index contributed by atoms with van der Waals surface area (Å²) in [6.07, 6.45) is 5.85. The van der Waals surface area contributed by atoms with Crippen LogP contribution in [0.5, 0.6) is 0 Å². The molecule has 0 radical (unpaired) electrons. The summed E-state index contributed by atoms with van der Waals surface area (Å²) in [6, 6.07) is 5.02. The SMILES string of the molecule is CC(C)N1CCCN(c2cncc(-c3cc(/C=C4/SC(=O)NC4=O)ccc3F)n2)CC1. The molecule has 31 heavy (non-hydrogen) atoms. The highest BCUT2D eigenvalue weighted by atomic mass is 32.2. The van der Waals surface area contributed by atoms with E-state index in [0.29, 0.717) is 22.9 Å². The number of carbonyl (C=O) groups is 2. The fourth-order valence-electron chi connectivity index (χ4n) is 3.72. The van der Waals surface area contributed by atoms with Gasteiger partial charge in [0.25, 0.3) is 11.1 Å². The summed E-state index contributed by atoms with van der Waals surface area (Å²) >= 11 is 0.829. The number of amides is 2. The molecule has 0 saturated carbocycles. The average molecular weight is 442 g/mol. The number of hydrogen-bond donors (Lipinski definition) is 1. The van der Waals surface area contributed by atoms with Crippen LogP contribution in [0.1, 0.15) is 25.8 Å². The van der Waals surface area contributed by atoms with Crippen molar-refractivity contribution < 1.29 is 14.0 Å². The van der Waals surface area contributed by atoms with E-state index in [1.807, 2.05) is 0 Å². The van der Waals surface area contributed by atoms with Crippen LogP contribution in [0.15, 0.2) is 35.5 Å². The number of imide groups is 1. The van der Waals surface area contributed by atoms with Gasteiger partial charge in [-0.25, -0.2) is 9.37 Å². The van der Waals surface area contributed by atoms with E-state index in [2.05, 4.69) is 38.9 Å². The molecule has 2 amide bonds. The number of thioether (sulfide) groups is 1. The van der Waals surface area contributed by atoms with Crippen LogP contribution in [-0.4, -0.2) is 58.2 Å². The second-order valence-electron chi connectivity index (χ2n) is 7.82. The third-order valence-electron chi connectivity index (χ3n) is 5.41. The summed E-state index contributed by atoms with van der Waals surface area (Å²) in [5, 5.41) is 1.80. The van der Waals surface area contributed by atoms with Crippen molar-refractivity contribution in [1.29, 1.82) is 0 Å². The zero-order valence-corrected chi connectivity index (χ0v) is 18.3. The Balaban J connectivity index is 1.60. The van der Waals surface area contributed by atoms with Crippen LogP contribution in [0.2, 0.25) is 0 Å². The van der Waals surface area contributed by atoms with E-state index < -0.39 is 17.0 Å². The molecule has 3 heterocycles. The van der Waals surface area contributed by atoms with Crippen LogP contribution in [0.25, 0.3) is 17.3 Å². The Morgan fingerprint density at radius 1 is 1.16 bits per heavy atom. The van der Waals surface area contributed by atoms with Crippen molar-refractivity contribution in [2.45, 2.75) is 26.3 Å². The minimum Gasteiger partial charge on any atom is -0.354 e. The summed E-state index contributed by atoms with van der Waals surface area (Å²) in [4.78, 5) is 37.1. The van der Waals surface area contributed by atoms with Gasteiger partial charge in [0.15, 0.2) is 0 Å². The predicted molar refractivity (Wildman–Crippen MR) is 120 cm³/mol. The van der Waals surface area contributed by atoms with E-state index in [9.17, 15) is 14.0 Å². The van der Waals surface area contributed by atoms with Gasteiger partial charge in [0.05, 0.1) is 23.0 Å². The van der Waals surface area contributed by atoms with Gasteiger partial charge in [0, 0.05) is 37.8 Å². The van der Waals surface area contributed by atoms with Gasteiger partial charge in [-0.2, -0.15) is 0 Å². The van der Waals surface area contributed by atoms with E-state index in [-0.39, 0.29) is 4.91 Å². The number of aromatic nitrogens is 2. The number of rotatable bonds is 4. The molecule has 0 aliphatic carbocycles. The molecular weight excluding hydrogens is 417 g/mol. The average Bonchev–Trinajstić information content (AvgIpc) is 2.94. The Kier molecular flexibility index (Phi) is 6.33. The number of carbonyl (C=O) groups excluding carboxylic acids is 2. The standard InChI is InChI=1S/C22H24FN5O2S/c1-14(2)27-6-3-7-28(9-8-27)20-13-24-12-18(25-20)16-10-15(4-5-17(16)23)11-19-21(29)26-22(30)31-19/h4-5,10-14H,3,6-9H2,1-2H3,(H,26,29,30)/b19-11+. The molecule has 2 saturated heterocycles.